The third-order valence-electron chi connectivity index (χ3n) is 3.59. The number of nitrogens with zero attached hydrogens (tertiary/aromatic N) is 1. The Hall–Kier alpha value is -1.64. The second kappa shape index (κ2) is 11.5. The molecule has 0 aliphatic heterocycles. The molecule has 0 amide bonds. The third-order valence-corrected chi connectivity index (χ3v) is 5.56. The molecule has 32 heavy (non-hydrogen) atoms. The average molecular weight is 575 g/mol. The van der Waals surface area contributed by atoms with Gasteiger partial charge in [-0.15, -0.1) is 0 Å². The van der Waals surface area contributed by atoms with Gasteiger partial charge in [0.15, 0.2) is 5.75 Å². The van der Waals surface area contributed by atoms with E-state index in [2.05, 4.69) is 25.1 Å². The van der Waals surface area contributed by atoms with Crippen molar-refractivity contribution in [1.82, 2.24) is 4.98 Å². The topological polar surface area (TPSA) is 127 Å². The molecule has 2 rings (SSSR count). The quantitative estimate of drug-likeness (QED) is 0.276. The number of methoxy groups -OCH3 is 1. The molecular weight excluding hydrogens is 554 g/mol. The van der Waals surface area contributed by atoms with E-state index in [9.17, 15) is 16.8 Å². The minimum Gasteiger partial charge on any atom is -0.497 e. The maximum Gasteiger partial charge on any atom is 0.264 e. The van der Waals surface area contributed by atoms with Crippen LogP contribution in [-0.2, 0) is 35.2 Å². The summed E-state index contributed by atoms with van der Waals surface area (Å²) in [6.45, 7) is -0.848. The van der Waals surface area contributed by atoms with Crippen LogP contribution in [0.5, 0.6) is 17.4 Å². The van der Waals surface area contributed by atoms with Crippen molar-refractivity contribution < 1.29 is 39.4 Å². The van der Waals surface area contributed by atoms with E-state index in [0.717, 1.165) is 18.1 Å². The standard InChI is InChI=1S/C18H21BrClNO9S2/c1-26-13-6-4-12(5-7-13)9-27-17-15(19)8-16(20)21-18(17)28-10-14(30-32(3,24)25)11-29-31(2,22)23/h4-8,14H,9-11H2,1-3H3/t14-/m0/s1. The molecule has 0 bridgehead atoms. The van der Waals surface area contributed by atoms with Crippen LogP contribution in [0.3, 0.4) is 0 Å². The van der Waals surface area contributed by atoms with Crippen LogP contribution >= 0.6 is 27.5 Å². The Balaban J connectivity index is 2.17. The van der Waals surface area contributed by atoms with Gasteiger partial charge in [-0.3, -0.25) is 8.37 Å². The van der Waals surface area contributed by atoms with E-state index in [1.165, 1.54) is 6.07 Å². The Morgan fingerprint density at radius 1 is 1.03 bits per heavy atom. The molecule has 0 radical (unpaired) electrons. The first-order valence-electron chi connectivity index (χ1n) is 8.83. The van der Waals surface area contributed by atoms with Gasteiger partial charge in [0, 0.05) is 0 Å². The molecule has 2 aromatic rings. The molecule has 10 nitrogen and oxygen atoms in total. The molecule has 0 aliphatic carbocycles. The minimum absolute atomic E-state index is 0.0562. The summed E-state index contributed by atoms with van der Waals surface area (Å²) in [7, 11) is -6.20. The lowest BCUT2D eigenvalue weighted by Crippen LogP contribution is -2.30. The summed E-state index contributed by atoms with van der Waals surface area (Å²) in [6.07, 6.45) is 0.373. The number of pyridine rings is 1. The lowest BCUT2D eigenvalue weighted by atomic mass is 10.2. The molecule has 0 spiro atoms. The number of ether oxygens (including phenoxy) is 3. The van der Waals surface area contributed by atoms with Crippen LogP contribution in [0.25, 0.3) is 0 Å². The first-order valence-corrected chi connectivity index (χ1v) is 13.6. The molecule has 1 aromatic carbocycles. The highest BCUT2D eigenvalue weighted by molar-refractivity contribution is 9.10. The average Bonchev–Trinajstić information content (AvgIpc) is 2.68. The predicted octanol–water partition coefficient (Wildman–Crippen LogP) is 2.78. The van der Waals surface area contributed by atoms with E-state index in [1.807, 2.05) is 12.1 Å². The highest BCUT2D eigenvalue weighted by Crippen LogP contribution is 2.36. The second-order valence-electron chi connectivity index (χ2n) is 6.42. The largest absolute Gasteiger partial charge is 0.497 e. The van der Waals surface area contributed by atoms with Gasteiger partial charge in [-0.25, -0.2) is 0 Å². The molecule has 14 heteroatoms. The molecule has 0 saturated heterocycles. The molecule has 0 unspecified atom stereocenters. The van der Waals surface area contributed by atoms with Gasteiger partial charge in [-0.1, -0.05) is 23.7 Å². The molecule has 0 saturated carbocycles. The molecule has 0 N–H and O–H groups in total. The van der Waals surface area contributed by atoms with Gasteiger partial charge in [-0.2, -0.15) is 21.8 Å². The number of rotatable bonds is 12. The number of halogens is 2. The van der Waals surface area contributed by atoms with Gasteiger partial charge in [0.1, 0.15) is 30.2 Å². The van der Waals surface area contributed by atoms with E-state index in [4.69, 9.17) is 30.0 Å². The summed E-state index contributed by atoms with van der Waals surface area (Å²) in [5.41, 5.74) is 0.832. The SMILES string of the molecule is COc1ccc(COc2c(Br)cc(Cl)nc2OC[C@@H](COS(C)(=O)=O)OS(C)(=O)=O)cc1. The highest BCUT2D eigenvalue weighted by Gasteiger charge is 2.22. The summed E-state index contributed by atoms with van der Waals surface area (Å²) in [6, 6.07) is 8.68. The van der Waals surface area contributed by atoms with E-state index < -0.39 is 39.6 Å². The molecule has 1 atom stereocenters. The first kappa shape index (κ1) is 26.6. The number of benzene rings is 1. The van der Waals surface area contributed by atoms with Crippen LogP contribution in [-0.4, -0.2) is 60.8 Å². The van der Waals surface area contributed by atoms with Crippen LogP contribution in [0.4, 0.5) is 0 Å². The van der Waals surface area contributed by atoms with Gasteiger partial charge in [0.25, 0.3) is 26.1 Å². The van der Waals surface area contributed by atoms with Crippen LogP contribution < -0.4 is 14.2 Å². The van der Waals surface area contributed by atoms with Crippen LogP contribution in [0.2, 0.25) is 5.15 Å². The molecule has 1 aromatic heterocycles. The van der Waals surface area contributed by atoms with Crippen molar-refractivity contribution in [2.24, 2.45) is 0 Å². The zero-order valence-electron chi connectivity index (χ0n) is 17.3. The normalized spacial score (nSPS) is 12.9. The molecule has 178 valence electrons. The van der Waals surface area contributed by atoms with Crippen molar-refractivity contribution in [2.45, 2.75) is 12.7 Å². The summed E-state index contributed by atoms with van der Waals surface area (Å²) in [5, 5.41) is 0.0802. The van der Waals surface area contributed by atoms with Crippen molar-refractivity contribution in [1.29, 1.82) is 0 Å². The second-order valence-corrected chi connectivity index (χ2v) is 10.9. The lowest BCUT2D eigenvalue weighted by molar-refractivity contribution is 0.0856. The maximum absolute atomic E-state index is 11.5. The van der Waals surface area contributed by atoms with Gasteiger partial charge in [0.2, 0.25) is 0 Å². The smallest absolute Gasteiger partial charge is 0.264 e. The zero-order chi connectivity index (χ0) is 23.9. The summed E-state index contributed by atoms with van der Waals surface area (Å²) < 4.78 is 71.9. The van der Waals surface area contributed by atoms with Crippen molar-refractivity contribution in [3.8, 4) is 17.4 Å². The van der Waals surface area contributed by atoms with Crippen molar-refractivity contribution in [3.05, 3.63) is 45.5 Å². The van der Waals surface area contributed by atoms with E-state index >= 15 is 0 Å². The van der Waals surface area contributed by atoms with Crippen molar-refractivity contribution in [3.63, 3.8) is 0 Å². The predicted molar refractivity (Wildman–Crippen MR) is 120 cm³/mol. The van der Waals surface area contributed by atoms with Crippen molar-refractivity contribution in [2.75, 3.05) is 32.8 Å². The fourth-order valence-electron chi connectivity index (χ4n) is 2.28. The van der Waals surface area contributed by atoms with E-state index in [-0.39, 0.29) is 23.4 Å². The van der Waals surface area contributed by atoms with E-state index in [0.29, 0.717) is 10.2 Å². The fourth-order valence-corrected chi connectivity index (χ4v) is 4.10. The fraction of sp³-hybridized carbons (Fsp3) is 0.389. The molecule has 1 heterocycles. The number of hydrogen-bond acceptors (Lipinski definition) is 10. The summed E-state index contributed by atoms with van der Waals surface area (Å²) >= 11 is 9.32. The Labute approximate surface area is 200 Å². The lowest BCUT2D eigenvalue weighted by Gasteiger charge is -2.18. The van der Waals surface area contributed by atoms with E-state index in [1.54, 1.807) is 19.2 Å². The zero-order valence-corrected chi connectivity index (χ0v) is 21.3. The highest BCUT2D eigenvalue weighted by atomic mass is 79.9. The van der Waals surface area contributed by atoms with Crippen LogP contribution in [0.15, 0.2) is 34.8 Å². The molecule has 0 aliphatic rings. The Kier molecular flexibility index (Phi) is 9.54. The van der Waals surface area contributed by atoms with Gasteiger partial charge in [-0.05, 0) is 39.7 Å². The Bertz CT molecular complexity index is 1130. The first-order chi connectivity index (χ1) is 14.9. The maximum atomic E-state index is 11.5. The van der Waals surface area contributed by atoms with Crippen LogP contribution in [0, 0.1) is 0 Å². The third kappa shape index (κ3) is 9.46. The Morgan fingerprint density at radius 3 is 2.25 bits per heavy atom. The molecular formula is C18H21BrClNO9S2. The number of hydrogen-bond donors (Lipinski definition) is 0. The Morgan fingerprint density at radius 2 is 1.69 bits per heavy atom. The molecule has 0 fully saturated rings. The summed E-state index contributed by atoms with van der Waals surface area (Å²) in [5.74, 6) is 0.840. The van der Waals surface area contributed by atoms with Gasteiger partial charge >= 0.3 is 0 Å². The van der Waals surface area contributed by atoms with Crippen LogP contribution in [0.1, 0.15) is 5.56 Å². The van der Waals surface area contributed by atoms with Crippen molar-refractivity contribution >= 4 is 47.8 Å². The van der Waals surface area contributed by atoms with Gasteiger partial charge < -0.3 is 14.2 Å². The number of aromatic nitrogens is 1. The van der Waals surface area contributed by atoms with Gasteiger partial charge in [0.05, 0.1) is 30.7 Å². The minimum atomic E-state index is -3.93. The monoisotopic (exact) mass is 573 g/mol. The summed E-state index contributed by atoms with van der Waals surface area (Å²) in [4.78, 5) is 4.06.